The summed E-state index contributed by atoms with van der Waals surface area (Å²) in [6, 6.07) is 78.2. The van der Waals surface area contributed by atoms with Gasteiger partial charge in [0.1, 0.15) is 23.9 Å². The molecular formula is C56H38B2N2O2S2. The van der Waals surface area contributed by atoms with E-state index in [-0.39, 0.29) is 0 Å². The molecule has 8 heteroatoms. The average molecular weight is 857 g/mol. The molecule has 4 nitrogen and oxygen atoms in total. The minimum Gasteiger partial charge on any atom is -0.647 e. The maximum absolute atomic E-state index is 7.12. The average Bonchev–Trinajstić information content (AvgIpc) is 4.19. The third kappa shape index (κ3) is 5.49. The van der Waals surface area contributed by atoms with Crippen LogP contribution in [0.2, 0.25) is 0 Å². The summed E-state index contributed by atoms with van der Waals surface area (Å²) in [6.07, 6.45) is 4.42. The van der Waals surface area contributed by atoms with Crippen molar-refractivity contribution < 1.29 is 18.3 Å². The van der Waals surface area contributed by atoms with Crippen LogP contribution >= 0.6 is 22.7 Å². The van der Waals surface area contributed by atoms with E-state index >= 15 is 0 Å². The molecule has 7 aromatic carbocycles. The number of pyridine rings is 2. The lowest BCUT2D eigenvalue weighted by molar-refractivity contribution is -0.515. The molecule has 0 saturated carbocycles. The molecule has 0 fully saturated rings. The first-order valence-electron chi connectivity index (χ1n) is 21.8. The number of nitrogens with zero attached hydrogens (tertiary/aromatic N) is 2. The molecule has 0 atom stereocenters. The standard InChI is InChI=1S/C56H38B2N2O2S2/c1-5-15-41(16-6-1)57(42-17-7-2-8-18-42)59-37-14-24-48-45(30-31-50(62-57)56(48)59)53-34-32-51(63-53)39-26-28-40(29-27-39)52-33-35-54(64-52)46-36-38-60-55-47(46)23-13-25-49(55)61-58(60,43-19-9-3-10-20-43)44-21-11-4-12-22-44/h1-38H. The highest BCUT2D eigenvalue weighted by atomic mass is 32.1. The van der Waals surface area contributed by atoms with Crippen molar-refractivity contribution in [3.05, 3.63) is 231 Å². The van der Waals surface area contributed by atoms with Crippen LogP contribution in [0.3, 0.4) is 0 Å². The van der Waals surface area contributed by atoms with Crippen LogP contribution in [-0.2, 0) is 0 Å². The number of rotatable bonds is 8. The fourth-order valence-corrected chi connectivity index (χ4v) is 12.7. The van der Waals surface area contributed by atoms with Crippen molar-refractivity contribution in [2.24, 2.45) is 0 Å². The van der Waals surface area contributed by atoms with Gasteiger partial charge in [0.25, 0.3) is 0 Å². The quantitative estimate of drug-likeness (QED) is 0.142. The van der Waals surface area contributed by atoms with Crippen molar-refractivity contribution in [1.82, 2.24) is 0 Å². The molecule has 11 aromatic rings. The van der Waals surface area contributed by atoms with Crippen molar-refractivity contribution in [2.75, 3.05) is 0 Å². The molecule has 13 rings (SSSR count). The van der Waals surface area contributed by atoms with E-state index in [1.807, 2.05) is 22.7 Å². The molecule has 0 aliphatic carbocycles. The molecule has 0 N–H and O–H groups in total. The van der Waals surface area contributed by atoms with Gasteiger partial charge >= 0.3 is 13.0 Å². The summed E-state index contributed by atoms with van der Waals surface area (Å²) in [6.45, 7) is -3.45. The van der Waals surface area contributed by atoms with E-state index in [4.69, 9.17) is 9.31 Å². The predicted molar refractivity (Wildman–Crippen MR) is 267 cm³/mol. The molecule has 4 aromatic heterocycles. The lowest BCUT2D eigenvalue weighted by Gasteiger charge is -2.31. The Labute approximate surface area is 379 Å². The Morgan fingerprint density at radius 1 is 0.312 bits per heavy atom. The fourth-order valence-electron chi connectivity index (χ4n) is 10.6. The fraction of sp³-hybridized carbons (Fsp3) is 0. The number of thiophene rings is 2. The summed E-state index contributed by atoms with van der Waals surface area (Å²) in [4.78, 5) is 4.94. The van der Waals surface area contributed by atoms with Crippen molar-refractivity contribution in [1.29, 1.82) is 0 Å². The summed E-state index contributed by atoms with van der Waals surface area (Å²) < 4.78 is 19.0. The number of benzene rings is 7. The van der Waals surface area contributed by atoms with Gasteiger partial charge in [0.2, 0.25) is 11.0 Å². The Morgan fingerprint density at radius 2 is 0.719 bits per heavy atom. The Bertz CT molecular complexity index is 3290. The Kier molecular flexibility index (Phi) is 8.42. The van der Waals surface area contributed by atoms with Crippen LogP contribution in [0.25, 0.3) is 63.6 Å². The Morgan fingerprint density at radius 3 is 1.20 bits per heavy atom. The van der Waals surface area contributed by atoms with Crippen LogP contribution in [0, 0.1) is 0 Å². The smallest absolute Gasteiger partial charge is 0.513 e. The zero-order valence-corrected chi connectivity index (χ0v) is 36.3. The molecule has 2 aliphatic rings. The maximum atomic E-state index is 7.12. The second-order valence-corrected chi connectivity index (χ2v) is 19.0. The van der Waals surface area contributed by atoms with E-state index in [1.165, 1.54) is 52.5 Å². The van der Waals surface area contributed by atoms with E-state index < -0.39 is 13.0 Å². The van der Waals surface area contributed by atoms with Gasteiger partial charge in [-0.25, -0.2) is 0 Å². The normalized spacial score (nSPS) is 14.1. The van der Waals surface area contributed by atoms with Gasteiger partial charge in [0.05, 0.1) is 10.8 Å². The third-order valence-corrected chi connectivity index (χ3v) is 15.8. The van der Waals surface area contributed by atoms with Gasteiger partial charge in [-0.1, -0.05) is 174 Å². The molecule has 0 spiro atoms. The van der Waals surface area contributed by atoms with Crippen molar-refractivity contribution in [3.63, 3.8) is 0 Å². The van der Waals surface area contributed by atoms with E-state index in [1.54, 1.807) is 0 Å². The summed E-state index contributed by atoms with van der Waals surface area (Å²) in [5.41, 5.74) is 11.7. The molecule has 0 radical (unpaired) electrons. The second kappa shape index (κ2) is 14.5. The SMILES string of the molecule is c1ccc([B-]2(c3ccccc3)Oc3ccc(-c4ccc(-c5ccc(-c6ccc(-c7cc[n+]8c9c(cccc79)O[B-]8(c7ccccc7)c7ccccc7)s6)cc5)s4)c4ccc[n+]2c34)cc1. The van der Waals surface area contributed by atoms with Crippen LogP contribution in [0.15, 0.2) is 231 Å². The number of hydrogen-bond donors (Lipinski definition) is 0. The predicted octanol–water partition coefficient (Wildman–Crippen LogP) is 10.4. The van der Waals surface area contributed by atoms with Gasteiger partial charge in [-0.2, -0.15) is 0 Å². The van der Waals surface area contributed by atoms with Gasteiger partial charge < -0.3 is 18.3 Å². The summed E-state index contributed by atoms with van der Waals surface area (Å²) in [5, 5.41) is 2.37. The van der Waals surface area contributed by atoms with E-state index in [0.717, 1.165) is 44.4 Å². The minimum absolute atomic E-state index is 0.909. The molecule has 0 unspecified atom stereocenters. The van der Waals surface area contributed by atoms with Crippen LogP contribution in [0.1, 0.15) is 0 Å². The topological polar surface area (TPSA) is 26.2 Å². The van der Waals surface area contributed by atoms with Crippen molar-refractivity contribution in [3.8, 4) is 53.3 Å². The minimum atomic E-state index is -1.72. The van der Waals surface area contributed by atoms with Gasteiger partial charge in [-0.05, 0) is 71.8 Å². The van der Waals surface area contributed by atoms with Crippen LogP contribution in [0.5, 0.6) is 11.5 Å². The molecule has 0 saturated heterocycles. The zero-order chi connectivity index (χ0) is 42.2. The summed E-state index contributed by atoms with van der Waals surface area (Å²) in [5.74, 6) is 1.82. The van der Waals surface area contributed by atoms with Crippen LogP contribution in [-0.4, -0.2) is 13.0 Å². The molecule has 64 heavy (non-hydrogen) atoms. The number of hydrogen-bond acceptors (Lipinski definition) is 4. The molecule has 2 aliphatic heterocycles. The summed E-state index contributed by atoms with van der Waals surface area (Å²) in [7, 11) is 0. The molecule has 6 heterocycles. The van der Waals surface area contributed by atoms with Crippen LogP contribution < -0.4 is 40.1 Å². The van der Waals surface area contributed by atoms with Gasteiger partial charge in [-0.3, -0.25) is 0 Å². The van der Waals surface area contributed by atoms with Gasteiger partial charge in [0, 0.05) is 36.7 Å². The molecular weight excluding hydrogens is 818 g/mol. The first kappa shape index (κ1) is 37.1. The van der Waals surface area contributed by atoms with Gasteiger partial charge in [0.15, 0.2) is 0 Å². The second-order valence-electron chi connectivity index (χ2n) is 16.8. The maximum Gasteiger partial charge on any atom is 0.513 e. The molecule has 302 valence electrons. The van der Waals surface area contributed by atoms with Crippen LogP contribution in [0.4, 0.5) is 0 Å². The molecule has 0 amide bonds. The first-order chi connectivity index (χ1) is 31.7. The first-order valence-corrected chi connectivity index (χ1v) is 23.5. The van der Waals surface area contributed by atoms with E-state index in [9.17, 15) is 0 Å². The Balaban J connectivity index is 0.816. The van der Waals surface area contributed by atoms with E-state index in [0.29, 0.717) is 0 Å². The highest BCUT2D eigenvalue weighted by Crippen LogP contribution is 2.43. The van der Waals surface area contributed by atoms with Crippen molar-refractivity contribution in [2.45, 2.75) is 0 Å². The highest BCUT2D eigenvalue weighted by Gasteiger charge is 2.51. The third-order valence-electron chi connectivity index (χ3n) is 13.5. The van der Waals surface area contributed by atoms with Gasteiger partial charge in [-0.15, -0.1) is 22.7 Å². The number of aromatic nitrogens is 2. The summed E-state index contributed by atoms with van der Waals surface area (Å²) >= 11 is 3.67. The van der Waals surface area contributed by atoms with Crippen molar-refractivity contribution >= 4 is 79.3 Å². The highest BCUT2D eigenvalue weighted by molar-refractivity contribution is 7.19. The monoisotopic (exact) mass is 856 g/mol. The molecule has 0 bridgehead atoms. The van der Waals surface area contributed by atoms with E-state index in [2.05, 4.69) is 240 Å². The number of para-hydroxylation sites is 1. The zero-order valence-electron chi connectivity index (χ0n) is 34.6. The largest absolute Gasteiger partial charge is 0.647 e. The Hall–Kier alpha value is -7.51. The lowest BCUT2D eigenvalue weighted by atomic mass is 9.41. The lowest BCUT2D eigenvalue weighted by Crippen LogP contribution is -2.80.